The van der Waals surface area contributed by atoms with Gasteiger partial charge in [0.05, 0.1) is 0 Å². The fourth-order valence-corrected chi connectivity index (χ4v) is 4.95. The molecule has 0 spiro atoms. The highest BCUT2D eigenvalue weighted by atomic mass is 32.1. The van der Waals surface area contributed by atoms with Crippen molar-refractivity contribution in [3.63, 3.8) is 0 Å². The van der Waals surface area contributed by atoms with Crippen molar-refractivity contribution in [3.05, 3.63) is 16.1 Å². The smallest absolute Gasteiger partial charge is 0.230 e. The van der Waals surface area contributed by atoms with Crippen LogP contribution in [0.5, 0.6) is 0 Å². The van der Waals surface area contributed by atoms with Crippen molar-refractivity contribution in [1.82, 2.24) is 4.98 Å². The third kappa shape index (κ3) is 2.10. The molecular formula is C15H22N2OS. The van der Waals surface area contributed by atoms with Gasteiger partial charge in [0.25, 0.3) is 0 Å². The molecule has 1 amide bonds. The third-order valence-corrected chi connectivity index (χ3v) is 6.42. The van der Waals surface area contributed by atoms with E-state index in [0.717, 1.165) is 30.2 Å². The molecule has 19 heavy (non-hydrogen) atoms. The maximum atomic E-state index is 11.7. The van der Waals surface area contributed by atoms with Gasteiger partial charge in [-0.1, -0.05) is 32.6 Å². The first-order chi connectivity index (χ1) is 9.13. The first-order valence-corrected chi connectivity index (χ1v) is 8.21. The molecule has 0 unspecified atom stereocenters. The number of thiazole rings is 1. The van der Waals surface area contributed by atoms with Crippen molar-refractivity contribution in [2.24, 2.45) is 11.7 Å². The lowest BCUT2D eigenvalue weighted by atomic mass is 9.69. The van der Waals surface area contributed by atoms with Crippen molar-refractivity contribution in [1.29, 1.82) is 0 Å². The topological polar surface area (TPSA) is 56.0 Å². The van der Waals surface area contributed by atoms with E-state index in [0.29, 0.717) is 5.92 Å². The van der Waals surface area contributed by atoms with E-state index in [9.17, 15) is 4.79 Å². The Bertz CT molecular complexity index is 478. The van der Waals surface area contributed by atoms with Crippen LogP contribution in [0.15, 0.2) is 6.20 Å². The Kier molecular flexibility index (Phi) is 3.37. The fraction of sp³-hybridized carbons (Fsp3) is 0.733. The minimum Gasteiger partial charge on any atom is -0.369 e. The number of primary amides is 1. The van der Waals surface area contributed by atoms with Gasteiger partial charge in [0.1, 0.15) is 10.4 Å². The van der Waals surface area contributed by atoms with Crippen molar-refractivity contribution in [2.45, 2.75) is 63.2 Å². The van der Waals surface area contributed by atoms with Crippen LogP contribution in [0.25, 0.3) is 0 Å². The molecule has 4 heteroatoms. The molecule has 0 aliphatic heterocycles. The fourth-order valence-electron chi connectivity index (χ4n) is 3.51. The number of aromatic nitrogens is 1. The Morgan fingerprint density at radius 1 is 1.37 bits per heavy atom. The summed E-state index contributed by atoms with van der Waals surface area (Å²) in [6.45, 7) is 2.34. The Morgan fingerprint density at radius 3 is 2.68 bits per heavy atom. The molecule has 2 aliphatic carbocycles. The molecule has 2 atom stereocenters. The summed E-state index contributed by atoms with van der Waals surface area (Å²) in [6, 6.07) is 0. The molecule has 3 rings (SSSR count). The highest BCUT2D eigenvalue weighted by Gasteiger charge is 2.47. The van der Waals surface area contributed by atoms with E-state index < -0.39 is 5.41 Å². The van der Waals surface area contributed by atoms with Crippen LogP contribution in [-0.2, 0) is 10.2 Å². The summed E-state index contributed by atoms with van der Waals surface area (Å²) >= 11 is 1.74. The number of hydrogen-bond donors (Lipinski definition) is 1. The molecular weight excluding hydrogens is 256 g/mol. The molecule has 2 fully saturated rings. The SMILES string of the molecule is C[C@@H]1CCCC[C@@H]1c1cnc(C2(C(N)=O)CCC2)s1. The molecule has 1 aromatic rings. The molecule has 104 valence electrons. The molecule has 1 heterocycles. The summed E-state index contributed by atoms with van der Waals surface area (Å²) in [6.07, 6.45) is 10.1. The summed E-state index contributed by atoms with van der Waals surface area (Å²) in [5.74, 6) is 1.20. The van der Waals surface area contributed by atoms with Gasteiger partial charge < -0.3 is 5.73 Å². The van der Waals surface area contributed by atoms with E-state index in [1.54, 1.807) is 11.3 Å². The van der Waals surface area contributed by atoms with Gasteiger partial charge in [-0.25, -0.2) is 4.98 Å². The van der Waals surface area contributed by atoms with Crippen LogP contribution < -0.4 is 5.73 Å². The van der Waals surface area contributed by atoms with Gasteiger partial charge in [0.2, 0.25) is 5.91 Å². The van der Waals surface area contributed by atoms with Crippen LogP contribution in [-0.4, -0.2) is 10.9 Å². The molecule has 2 aliphatic rings. The zero-order valence-electron chi connectivity index (χ0n) is 11.5. The Hall–Kier alpha value is -0.900. The van der Waals surface area contributed by atoms with Crippen LogP contribution in [0, 0.1) is 5.92 Å². The zero-order chi connectivity index (χ0) is 13.5. The lowest BCUT2D eigenvalue weighted by Gasteiger charge is -2.36. The Balaban J connectivity index is 1.85. The zero-order valence-corrected chi connectivity index (χ0v) is 12.3. The summed E-state index contributed by atoms with van der Waals surface area (Å²) in [4.78, 5) is 17.7. The number of carbonyl (C=O) groups is 1. The number of carbonyl (C=O) groups excluding carboxylic acids is 1. The highest BCUT2D eigenvalue weighted by molar-refractivity contribution is 7.12. The van der Waals surface area contributed by atoms with E-state index in [2.05, 4.69) is 11.9 Å². The van der Waals surface area contributed by atoms with Crippen molar-refractivity contribution < 1.29 is 4.79 Å². The van der Waals surface area contributed by atoms with E-state index in [1.807, 2.05) is 6.20 Å². The average molecular weight is 278 g/mol. The molecule has 2 saturated carbocycles. The molecule has 0 aromatic carbocycles. The lowest BCUT2D eigenvalue weighted by Crippen LogP contribution is -2.46. The van der Waals surface area contributed by atoms with E-state index in [4.69, 9.17) is 5.73 Å². The Labute approximate surface area is 118 Å². The van der Waals surface area contributed by atoms with Crippen molar-refractivity contribution in [3.8, 4) is 0 Å². The first kappa shape index (κ1) is 13.1. The predicted molar refractivity (Wildman–Crippen MR) is 77.2 cm³/mol. The summed E-state index contributed by atoms with van der Waals surface area (Å²) in [5, 5.41) is 0.971. The van der Waals surface area contributed by atoms with Crippen molar-refractivity contribution in [2.75, 3.05) is 0 Å². The normalized spacial score (nSPS) is 29.7. The summed E-state index contributed by atoms with van der Waals surface area (Å²) in [7, 11) is 0. The monoisotopic (exact) mass is 278 g/mol. The van der Waals surface area contributed by atoms with Crippen molar-refractivity contribution >= 4 is 17.2 Å². The van der Waals surface area contributed by atoms with E-state index in [1.165, 1.54) is 30.6 Å². The average Bonchev–Trinajstić information content (AvgIpc) is 2.77. The largest absolute Gasteiger partial charge is 0.369 e. The molecule has 3 nitrogen and oxygen atoms in total. The molecule has 0 radical (unpaired) electrons. The van der Waals surface area contributed by atoms with Gasteiger partial charge >= 0.3 is 0 Å². The standard InChI is InChI=1S/C15H22N2OS/c1-10-5-2-3-6-11(10)12-9-17-14(19-12)15(13(16)18)7-4-8-15/h9-11H,2-8H2,1H3,(H2,16,18)/t10-,11+/m1/s1. The van der Waals surface area contributed by atoms with Crippen LogP contribution in [0.3, 0.4) is 0 Å². The second-order valence-corrected chi connectivity index (χ2v) is 7.30. The molecule has 0 bridgehead atoms. The number of nitrogens with zero attached hydrogens (tertiary/aromatic N) is 1. The Morgan fingerprint density at radius 2 is 2.11 bits per heavy atom. The summed E-state index contributed by atoms with van der Waals surface area (Å²) in [5.41, 5.74) is 5.18. The van der Waals surface area contributed by atoms with Gasteiger partial charge in [-0.3, -0.25) is 4.79 Å². The van der Waals surface area contributed by atoms with Gasteiger partial charge in [0.15, 0.2) is 0 Å². The van der Waals surface area contributed by atoms with Crippen LogP contribution in [0.2, 0.25) is 0 Å². The summed E-state index contributed by atoms with van der Waals surface area (Å²) < 4.78 is 0. The van der Waals surface area contributed by atoms with E-state index >= 15 is 0 Å². The minimum atomic E-state index is -0.430. The molecule has 1 aromatic heterocycles. The molecule has 0 saturated heterocycles. The number of nitrogens with two attached hydrogens (primary N) is 1. The van der Waals surface area contributed by atoms with Gasteiger partial charge in [-0.2, -0.15) is 0 Å². The maximum absolute atomic E-state index is 11.7. The maximum Gasteiger partial charge on any atom is 0.230 e. The van der Waals surface area contributed by atoms with Crippen LogP contribution >= 0.6 is 11.3 Å². The van der Waals surface area contributed by atoms with Gasteiger partial charge in [0, 0.05) is 11.1 Å². The third-order valence-electron chi connectivity index (χ3n) is 5.09. The van der Waals surface area contributed by atoms with Crippen LogP contribution in [0.1, 0.15) is 67.7 Å². The second-order valence-electron chi connectivity index (χ2n) is 6.24. The van der Waals surface area contributed by atoms with Gasteiger partial charge in [-0.05, 0) is 31.1 Å². The quantitative estimate of drug-likeness (QED) is 0.922. The highest BCUT2D eigenvalue weighted by Crippen LogP contribution is 2.47. The van der Waals surface area contributed by atoms with E-state index in [-0.39, 0.29) is 5.91 Å². The first-order valence-electron chi connectivity index (χ1n) is 7.39. The second kappa shape index (κ2) is 4.89. The minimum absolute atomic E-state index is 0.184. The van der Waals surface area contributed by atoms with Gasteiger partial charge in [-0.15, -0.1) is 11.3 Å². The lowest BCUT2D eigenvalue weighted by molar-refractivity contribution is -0.126. The number of amides is 1. The molecule has 2 N–H and O–H groups in total. The number of hydrogen-bond acceptors (Lipinski definition) is 3. The predicted octanol–water partition coefficient (Wildman–Crippen LogP) is 3.34. The number of rotatable bonds is 3. The van der Waals surface area contributed by atoms with Crippen LogP contribution in [0.4, 0.5) is 0 Å².